The second-order valence-electron chi connectivity index (χ2n) is 7.11. The first kappa shape index (κ1) is 18.4. The number of benzene rings is 1. The van der Waals surface area contributed by atoms with E-state index in [4.69, 9.17) is 23.2 Å². The molecule has 5 nitrogen and oxygen atoms in total. The zero-order valence-electron chi connectivity index (χ0n) is 15.4. The Bertz CT molecular complexity index is 920. The minimum atomic E-state index is -0.363. The quantitative estimate of drug-likeness (QED) is 0.792. The van der Waals surface area contributed by atoms with E-state index in [1.165, 1.54) is 0 Å². The van der Waals surface area contributed by atoms with Gasteiger partial charge in [0.1, 0.15) is 16.9 Å². The van der Waals surface area contributed by atoms with Gasteiger partial charge >= 0.3 is 0 Å². The van der Waals surface area contributed by atoms with Crippen LogP contribution in [0.15, 0.2) is 41.7 Å². The minimum Gasteiger partial charge on any atom is -0.342 e. The molecule has 1 amide bonds. The van der Waals surface area contributed by atoms with E-state index in [2.05, 4.69) is 17.3 Å². The molecule has 2 atom stereocenters. The van der Waals surface area contributed by atoms with Gasteiger partial charge in [0.25, 0.3) is 5.91 Å². The molecule has 7 heteroatoms. The summed E-state index contributed by atoms with van der Waals surface area (Å²) < 4.78 is 1.78. The van der Waals surface area contributed by atoms with Crippen LogP contribution in [0.2, 0.25) is 10.0 Å². The van der Waals surface area contributed by atoms with Crippen LogP contribution in [0.5, 0.6) is 0 Å². The summed E-state index contributed by atoms with van der Waals surface area (Å²) in [6.07, 6.45) is 4.67. The summed E-state index contributed by atoms with van der Waals surface area (Å²) in [6.45, 7) is 4.86. The highest BCUT2D eigenvalue weighted by Gasteiger charge is 2.38. The van der Waals surface area contributed by atoms with Gasteiger partial charge in [-0.3, -0.25) is 4.79 Å². The molecule has 2 unspecified atom stereocenters. The topological polar surface area (TPSA) is 50.2 Å². The molecule has 1 aromatic heterocycles. The molecular formula is C20H22Cl2N4O. The normalized spacial score (nSPS) is 22.0. The molecule has 2 aromatic rings. The van der Waals surface area contributed by atoms with Crippen molar-refractivity contribution in [3.05, 3.63) is 57.3 Å². The van der Waals surface area contributed by atoms with Gasteiger partial charge in [0.05, 0.1) is 11.8 Å². The van der Waals surface area contributed by atoms with Gasteiger partial charge in [-0.05, 0) is 43.9 Å². The second-order valence-corrected chi connectivity index (χ2v) is 7.95. The van der Waals surface area contributed by atoms with Gasteiger partial charge in [-0.25, -0.2) is 4.68 Å². The lowest BCUT2D eigenvalue weighted by molar-refractivity contribution is -0.128. The van der Waals surface area contributed by atoms with Gasteiger partial charge in [0.15, 0.2) is 0 Å². The van der Waals surface area contributed by atoms with Crippen molar-refractivity contribution in [3.8, 4) is 0 Å². The molecule has 3 heterocycles. The number of nitrogens with zero attached hydrogens (tertiary/aromatic N) is 3. The number of fused-ring (bicyclic) bond motifs is 1. The van der Waals surface area contributed by atoms with E-state index in [1.807, 2.05) is 36.1 Å². The summed E-state index contributed by atoms with van der Waals surface area (Å²) in [5.41, 5.74) is 2.42. The van der Waals surface area contributed by atoms with Crippen molar-refractivity contribution in [1.82, 2.24) is 14.7 Å². The summed E-state index contributed by atoms with van der Waals surface area (Å²) in [5.74, 6) is 0.760. The Morgan fingerprint density at radius 2 is 2.19 bits per heavy atom. The number of hydrogen-bond acceptors (Lipinski definition) is 3. The van der Waals surface area contributed by atoms with Crippen molar-refractivity contribution < 1.29 is 4.79 Å². The summed E-state index contributed by atoms with van der Waals surface area (Å²) >= 11 is 12.6. The van der Waals surface area contributed by atoms with Crippen molar-refractivity contribution >= 4 is 34.9 Å². The third kappa shape index (κ3) is 3.13. The summed E-state index contributed by atoms with van der Waals surface area (Å²) in [5, 5.41) is 8.88. The largest absolute Gasteiger partial charge is 0.342 e. The predicted octanol–water partition coefficient (Wildman–Crippen LogP) is 4.88. The van der Waals surface area contributed by atoms with E-state index in [9.17, 15) is 4.79 Å². The van der Waals surface area contributed by atoms with E-state index < -0.39 is 0 Å². The van der Waals surface area contributed by atoms with E-state index in [-0.39, 0.29) is 11.9 Å². The zero-order valence-corrected chi connectivity index (χ0v) is 16.9. The Hall–Kier alpha value is -1.98. The fourth-order valence-electron chi connectivity index (χ4n) is 4.17. The van der Waals surface area contributed by atoms with Crippen LogP contribution >= 0.6 is 23.2 Å². The molecule has 0 saturated carbocycles. The third-order valence-corrected chi connectivity index (χ3v) is 5.99. The van der Waals surface area contributed by atoms with Crippen molar-refractivity contribution in [3.63, 3.8) is 0 Å². The Kier molecular flexibility index (Phi) is 4.91. The lowest BCUT2D eigenvalue weighted by Gasteiger charge is -2.33. The van der Waals surface area contributed by atoms with Gasteiger partial charge in [-0.1, -0.05) is 42.3 Å². The van der Waals surface area contributed by atoms with Gasteiger partial charge in [0.2, 0.25) is 0 Å². The molecule has 142 valence electrons. The van der Waals surface area contributed by atoms with Crippen molar-refractivity contribution in [1.29, 1.82) is 0 Å². The monoisotopic (exact) mass is 404 g/mol. The molecule has 0 aliphatic carbocycles. The predicted molar refractivity (Wildman–Crippen MR) is 108 cm³/mol. The van der Waals surface area contributed by atoms with Crippen molar-refractivity contribution in [2.75, 3.05) is 11.9 Å². The minimum absolute atomic E-state index is 0.0617. The smallest absolute Gasteiger partial charge is 0.254 e. The molecule has 1 saturated heterocycles. The number of carbonyl (C=O) groups is 1. The highest BCUT2D eigenvalue weighted by Crippen LogP contribution is 2.40. The molecule has 1 N–H and O–H groups in total. The number of hydrogen-bond donors (Lipinski definition) is 1. The number of nitrogens with one attached hydrogen (secondary N) is 1. The lowest BCUT2D eigenvalue weighted by Crippen LogP contribution is -2.40. The molecular weight excluding hydrogens is 383 g/mol. The van der Waals surface area contributed by atoms with Gasteiger partial charge < -0.3 is 10.2 Å². The molecule has 4 rings (SSSR count). The van der Waals surface area contributed by atoms with E-state index in [1.54, 1.807) is 10.9 Å². The van der Waals surface area contributed by atoms with Crippen LogP contribution in [-0.4, -0.2) is 33.2 Å². The molecule has 0 spiro atoms. The number of carbonyl (C=O) groups excluding carboxylic acids is 1. The first-order valence-electron chi connectivity index (χ1n) is 9.28. The molecule has 2 aliphatic rings. The van der Waals surface area contributed by atoms with E-state index in [0.717, 1.165) is 37.1 Å². The first-order valence-corrected chi connectivity index (χ1v) is 10.0. The maximum atomic E-state index is 13.6. The maximum absolute atomic E-state index is 13.6. The third-order valence-electron chi connectivity index (χ3n) is 5.48. The summed E-state index contributed by atoms with van der Waals surface area (Å²) in [7, 11) is 0. The fourth-order valence-corrected chi connectivity index (χ4v) is 4.55. The Morgan fingerprint density at radius 1 is 1.37 bits per heavy atom. The van der Waals surface area contributed by atoms with Gasteiger partial charge in [-0.15, -0.1) is 0 Å². The number of amides is 1. The highest BCUT2D eigenvalue weighted by atomic mass is 35.5. The Morgan fingerprint density at radius 3 is 2.93 bits per heavy atom. The average molecular weight is 405 g/mol. The number of halogens is 2. The molecule has 0 bridgehead atoms. The van der Waals surface area contributed by atoms with Crippen molar-refractivity contribution in [2.45, 2.75) is 45.2 Å². The van der Waals surface area contributed by atoms with Gasteiger partial charge in [0, 0.05) is 23.3 Å². The Balaban J connectivity index is 1.84. The number of allylic oxidation sites excluding steroid dienone is 1. The van der Waals surface area contributed by atoms with Crippen LogP contribution < -0.4 is 5.32 Å². The van der Waals surface area contributed by atoms with Crippen LogP contribution in [0.3, 0.4) is 0 Å². The van der Waals surface area contributed by atoms with Crippen LogP contribution in [0.4, 0.5) is 5.82 Å². The molecule has 2 aliphatic heterocycles. The maximum Gasteiger partial charge on any atom is 0.254 e. The average Bonchev–Trinajstić information content (AvgIpc) is 3.27. The van der Waals surface area contributed by atoms with Crippen LogP contribution in [0.1, 0.15) is 44.7 Å². The number of anilines is 1. The van der Waals surface area contributed by atoms with Gasteiger partial charge in [-0.2, -0.15) is 5.10 Å². The molecule has 27 heavy (non-hydrogen) atoms. The molecule has 1 aromatic carbocycles. The van der Waals surface area contributed by atoms with Crippen LogP contribution in [-0.2, 0) is 4.79 Å². The summed E-state index contributed by atoms with van der Waals surface area (Å²) in [4.78, 5) is 15.6. The van der Waals surface area contributed by atoms with E-state index >= 15 is 0 Å². The number of likely N-dealkylation sites (tertiary alicyclic amines) is 1. The lowest BCUT2D eigenvalue weighted by atomic mass is 9.94. The van der Waals surface area contributed by atoms with E-state index in [0.29, 0.717) is 27.5 Å². The highest BCUT2D eigenvalue weighted by molar-refractivity contribution is 6.33. The number of rotatable bonds is 3. The second kappa shape index (κ2) is 7.21. The fraction of sp³-hybridized carbons (Fsp3) is 0.400. The first-order chi connectivity index (χ1) is 13.0. The summed E-state index contributed by atoms with van der Waals surface area (Å²) in [6, 6.07) is 7.52. The Labute approximate surface area is 168 Å². The molecule has 1 fully saturated rings. The SMILES string of the molecule is CCC1CCCN1C(=O)C1=C(C)Nc2c(Cl)cnn2C1c1cccc(Cl)c1. The zero-order chi connectivity index (χ0) is 19.1. The van der Waals surface area contributed by atoms with Crippen LogP contribution in [0.25, 0.3) is 0 Å². The van der Waals surface area contributed by atoms with Crippen LogP contribution in [0, 0.1) is 0 Å². The number of aromatic nitrogens is 2. The van der Waals surface area contributed by atoms with Crippen molar-refractivity contribution in [2.24, 2.45) is 0 Å². The molecule has 0 radical (unpaired) electrons. The standard InChI is InChI=1S/C20H22Cl2N4O/c1-3-15-8-5-9-25(15)20(27)17-12(2)24-19-16(22)11-23-26(19)18(17)13-6-4-7-14(21)10-13/h4,6-7,10-11,15,18,24H,3,5,8-9H2,1-2H3.